The number of methoxy groups -OCH3 is 1. The molecule has 0 fully saturated rings. The lowest BCUT2D eigenvalue weighted by Gasteiger charge is -2.21. The first-order chi connectivity index (χ1) is 9.54. The van der Waals surface area contributed by atoms with E-state index in [4.69, 9.17) is 9.84 Å². The molecule has 0 bridgehead atoms. The van der Waals surface area contributed by atoms with E-state index in [0.29, 0.717) is 6.54 Å². The van der Waals surface area contributed by atoms with E-state index in [1.807, 2.05) is 52.0 Å². The molecule has 0 saturated heterocycles. The van der Waals surface area contributed by atoms with Crippen molar-refractivity contribution in [1.82, 2.24) is 4.90 Å². The Kier molecular flexibility index (Phi) is 13.0. The number of likely N-dealkylation sites (N-methyl/N-ethyl adjacent to an activating group) is 1. The van der Waals surface area contributed by atoms with E-state index in [9.17, 15) is 4.79 Å². The van der Waals surface area contributed by atoms with E-state index in [0.717, 1.165) is 11.3 Å². The maximum absolute atomic E-state index is 10.8. The third-order valence-electron chi connectivity index (χ3n) is 2.61. The molecule has 0 aliphatic carbocycles. The van der Waals surface area contributed by atoms with Gasteiger partial charge >= 0.3 is 5.97 Å². The molecule has 1 aromatic carbocycles. The van der Waals surface area contributed by atoms with Crippen LogP contribution in [0.4, 0.5) is 0 Å². The molecular formula is C16H29NO3. The zero-order chi connectivity index (χ0) is 16.1. The first-order valence-electron chi connectivity index (χ1n) is 7.10. The van der Waals surface area contributed by atoms with Crippen LogP contribution in [0.2, 0.25) is 0 Å². The van der Waals surface area contributed by atoms with Gasteiger partial charge in [0, 0.05) is 6.54 Å². The lowest BCUT2D eigenvalue weighted by atomic mass is 10.2. The number of benzene rings is 1. The van der Waals surface area contributed by atoms with Crippen LogP contribution in [-0.4, -0.2) is 36.2 Å². The van der Waals surface area contributed by atoms with Gasteiger partial charge in [-0.15, -0.1) is 0 Å². The summed E-state index contributed by atoms with van der Waals surface area (Å²) in [4.78, 5) is 12.6. The number of carbonyl (C=O) groups is 1. The zero-order valence-electron chi connectivity index (χ0n) is 13.8. The van der Waals surface area contributed by atoms with E-state index in [1.165, 1.54) is 0 Å². The summed E-state index contributed by atoms with van der Waals surface area (Å²) in [6.45, 7) is 10.3. The zero-order valence-corrected chi connectivity index (χ0v) is 13.8. The normalized spacial score (nSPS) is 10.6. The average Bonchev–Trinajstić information content (AvgIpc) is 2.51. The van der Waals surface area contributed by atoms with Crippen LogP contribution in [0, 0.1) is 0 Å². The number of hydrogen-bond acceptors (Lipinski definition) is 3. The summed E-state index contributed by atoms with van der Waals surface area (Å²) in [7, 11) is 3.41. The van der Waals surface area contributed by atoms with Crippen molar-refractivity contribution < 1.29 is 14.6 Å². The monoisotopic (exact) mass is 283 g/mol. The Labute approximate surface area is 123 Å². The fraction of sp³-hybridized carbons (Fsp3) is 0.562. The molecule has 1 atom stereocenters. The number of aliphatic carboxylic acids is 1. The van der Waals surface area contributed by atoms with Crippen LogP contribution in [0.3, 0.4) is 0 Å². The maximum Gasteiger partial charge on any atom is 0.320 e. The second-order valence-corrected chi connectivity index (χ2v) is 3.78. The van der Waals surface area contributed by atoms with E-state index in [1.54, 1.807) is 26.0 Å². The molecule has 0 heterocycles. The standard InChI is InChI=1S/C12H17NO3.2C2H6/c1-9(12(14)15)13(2)8-10-4-6-11(16-3)7-5-10;2*1-2/h4-7,9H,8H2,1-3H3,(H,14,15);2*1-2H3. The first kappa shape index (κ1) is 20.8. The van der Waals surface area contributed by atoms with Crippen molar-refractivity contribution in [1.29, 1.82) is 0 Å². The number of ether oxygens (including phenoxy) is 1. The summed E-state index contributed by atoms with van der Waals surface area (Å²) in [6.07, 6.45) is 0. The summed E-state index contributed by atoms with van der Waals surface area (Å²) in [5.41, 5.74) is 1.07. The lowest BCUT2D eigenvalue weighted by Crippen LogP contribution is -2.35. The molecule has 0 saturated carbocycles. The van der Waals surface area contributed by atoms with Crippen molar-refractivity contribution in [3.8, 4) is 5.75 Å². The van der Waals surface area contributed by atoms with Crippen LogP contribution in [0.15, 0.2) is 24.3 Å². The number of carboxylic acid groups (broad SMARTS) is 1. The summed E-state index contributed by atoms with van der Waals surface area (Å²) >= 11 is 0. The van der Waals surface area contributed by atoms with Crippen molar-refractivity contribution in [3.63, 3.8) is 0 Å². The van der Waals surface area contributed by atoms with Gasteiger partial charge in [0.05, 0.1) is 7.11 Å². The Morgan fingerprint density at radius 1 is 1.20 bits per heavy atom. The van der Waals surface area contributed by atoms with Crippen LogP contribution in [0.25, 0.3) is 0 Å². The van der Waals surface area contributed by atoms with Gasteiger partial charge < -0.3 is 9.84 Å². The molecule has 4 heteroatoms. The van der Waals surface area contributed by atoms with Gasteiger partial charge in [-0.1, -0.05) is 39.8 Å². The Balaban J connectivity index is 0. The quantitative estimate of drug-likeness (QED) is 0.896. The average molecular weight is 283 g/mol. The van der Waals surface area contributed by atoms with E-state index >= 15 is 0 Å². The predicted octanol–water partition coefficient (Wildman–Crippen LogP) is 3.65. The summed E-state index contributed by atoms with van der Waals surface area (Å²) in [5.74, 6) is -0.00584. The predicted molar refractivity (Wildman–Crippen MR) is 84.3 cm³/mol. The Hall–Kier alpha value is -1.55. The number of nitrogens with zero attached hydrogens (tertiary/aromatic N) is 1. The SMILES string of the molecule is CC.CC.COc1ccc(CN(C)C(C)C(=O)O)cc1. The third kappa shape index (κ3) is 7.79. The highest BCUT2D eigenvalue weighted by Crippen LogP contribution is 2.13. The largest absolute Gasteiger partial charge is 0.497 e. The summed E-state index contributed by atoms with van der Waals surface area (Å²) < 4.78 is 5.05. The second kappa shape index (κ2) is 12.5. The fourth-order valence-electron chi connectivity index (χ4n) is 1.34. The molecule has 1 aromatic rings. The summed E-state index contributed by atoms with van der Waals surface area (Å²) in [6, 6.07) is 7.12. The van der Waals surface area contributed by atoms with Crippen LogP contribution in [0.5, 0.6) is 5.75 Å². The number of carboxylic acids is 1. The van der Waals surface area contributed by atoms with Crippen molar-refractivity contribution in [2.75, 3.05) is 14.2 Å². The van der Waals surface area contributed by atoms with Crippen LogP contribution in [-0.2, 0) is 11.3 Å². The van der Waals surface area contributed by atoms with Gasteiger partial charge in [0.15, 0.2) is 0 Å². The van der Waals surface area contributed by atoms with Crippen molar-refractivity contribution >= 4 is 5.97 Å². The molecule has 0 aliphatic rings. The van der Waals surface area contributed by atoms with Crippen LogP contribution >= 0.6 is 0 Å². The van der Waals surface area contributed by atoms with E-state index in [2.05, 4.69) is 0 Å². The van der Waals surface area contributed by atoms with Crippen LogP contribution in [0.1, 0.15) is 40.2 Å². The first-order valence-corrected chi connectivity index (χ1v) is 7.10. The smallest absolute Gasteiger partial charge is 0.320 e. The molecule has 1 N–H and O–H groups in total. The molecule has 1 rings (SSSR count). The van der Waals surface area contributed by atoms with Crippen LogP contribution < -0.4 is 4.74 Å². The highest BCUT2D eigenvalue weighted by Gasteiger charge is 2.16. The molecule has 1 unspecified atom stereocenters. The minimum atomic E-state index is -0.809. The molecular weight excluding hydrogens is 254 g/mol. The minimum absolute atomic E-state index is 0.484. The van der Waals surface area contributed by atoms with E-state index in [-0.39, 0.29) is 0 Å². The van der Waals surface area contributed by atoms with Gasteiger partial charge in [-0.2, -0.15) is 0 Å². The maximum atomic E-state index is 10.8. The molecule has 20 heavy (non-hydrogen) atoms. The van der Waals surface area contributed by atoms with Crippen molar-refractivity contribution in [2.24, 2.45) is 0 Å². The molecule has 0 spiro atoms. The van der Waals surface area contributed by atoms with Gasteiger partial charge in [-0.05, 0) is 31.7 Å². The highest BCUT2D eigenvalue weighted by atomic mass is 16.5. The third-order valence-corrected chi connectivity index (χ3v) is 2.61. The molecule has 0 radical (unpaired) electrons. The van der Waals surface area contributed by atoms with Gasteiger partial charge in [-0.3, -0.25) is 9.69 Å². The van der Waals surface area contributed by atoms with E-state index < -0.39 is 12.0 Å². The topological polar surface area (TPSA) is 49.8 Å². The number of hydrogen-bond donors (Lipinski definition) is 1. The van der Waals surface area contributed by atoms with Crippen molar-refractivity contribution in [3.05, 3.63) is 29.8 Å². The number of rotatable bonds is 5. The van der Waals surface area contributed by atoms with Gasteiger partial charge in [-0.25, -0.2) is 0 Å². The molecule has 4 nitrogen and oxygen atoms in total. The molecule has 0 aromatic heterocycles. The Morgan fingerprint density at radius 2 is 1.65 bits per heavy atom. The van der Waals surface area contributed by atoms with Gasteiger partial charge in [0.25, 0.3) is 0 Å². The van der Waals surface area contributed by atoms with Crippen molar-refractivity contribution in [2.45, 2.75) is 47.2 Å². The Bertz CT molecular complexity index is 349. The fourth-order valence-corrected chi connectivity index (χ4v) is 1.34. The molecule has 0 aliphatic heterocycles. The van der Waals surface area contributed by atoms with Gasteiger partial charge in [0.1, 0.15) is 11.8 Å². The van der Waals surface area contributed by atoms with Gasteiger partial charge in [0.2, 0.25) is 0 Å². The molecule has 116 valence electrons. The minimum Gasteiger partial charge on any atom is -0.497 e. The highest BCUT2D eigenvalue weighted by molar-refractivity contribution is 5.72. The lowest BCUT2D eigenvalue weighted by molar-refractivity contribution is -0.142. The Morgan fingerprint density at radius 3 is 2.00 bits per heavy atom. The summed E-state index contributed by atoms with van der Waals surface area (Å²) in [5, 5.41) is 8.85. The molecule has 0 amide bonds. The second-order valence-electron chi connectivity index (χ2n) is 3.78.